The maximum Gasteiger partial charge on any atom is 0.136 e. The molecule has 1 unspecified atom stereocenters. The number of aromatic nitrogens is 2. The zero-order chi connectivity index (χ0) is 15.6. The van der Waals surface area contributed by atoms with E-state index >= 15 is 0 Å². The van der Waals surface area contributed by atoms with Crippen LogP contribution in [0.15, 0.2) is 18.2 Å². The lowest BCUT2D eigenvalue weighted by atomic mass is 10.0. The molecule has 0 saturated carbocycles. The number of nitrogens with zero attached hydrogens (tertiary/aromatic N) is 3. The Morgan fingerprint density at radius 2 is 2.05 bits per heavy atom. The van der Waals surface area contributed by atoms with Gasteiger partial charge in [-0.15, -0.1) is 0 Å². The van der Waals surface area contributed by atoms with Gasteiger partial charge in [0.05, 0.1) is 11.0 Å². The molecule has 1 aromatic carbocycles. The summed E-state index contributed by atoms with van der Waals surface area (Å²) < 4.78 is 2.18. The molecule has 5 nitrogen and oxygen atoms in total. The molecule has 1 atom stereocenters. The van der Waals surface area contributed by atoms with Crippen molar-refractivity contribution in [3.05, 3.63) is 24.0 Å². The number of anilines is 1. The van der Waals surface area contributed by atoms with Gasteiger partial charge in [0, 0.05) is 18.3 Å². The molecule has 5 heteroatoms. The Labute approximate surface area is 126 Å². The number of aliphatic hydroxyl groups is 1. The van der Waals surface area contributed by atoms with Crippen molar-refractivity contribution in [2.24, 2.45) is 5.92 Å². The lowest BCUT2D eigenvalue weighted by Crippen LogP contribution is -2.27. The molecule has 0 fully saturated rings. The Morgan fingerprint density at radius 3 is 2.62 bits per heavy atom. The number of hydrogen-bond donors (Lipinski definition) is 2. The number of hydrogen-bond acceptors (Lipinski definition) is 4. The maximum absolute atomic E-state index is 9.68. The fourth-order valence-electron chi connectivity index (χ4n) is 2.91. The molecule has 0 spiro atoms. The normalized spacial score (nSPS) is 13.5. The summed E-state index contributed by atoms with van der Waals surface area (Å²) in [4.78, 5) is 6.72. The minimum Gasteiger partial charge on any atom is -0.399 e. The number of aliphatic hydroxyl groups excluding tert-OH is 1. The van der Waals surface area contributed by atoms with Crippen LogP contribution in [-0.4, -0.2) is 40.2 Å². The minimum atomic E-state index is -0.0589. The van der Waals surface area contributed by atoms with Crippen LogP contribution < -0.4 is 5.73 Å². The van der Waals surface area contributed by atoms with E-state index in [4.69, 9.17) is 5.73 Å². The average Bonchev–Trinajstić information content (AvgIpc) is 2.74. The van der Waals surface area contributed by atoms with E-state index in [-0.39, 0.29) is 12.6 Å². The first-order valence-electron chi connectivity index (χ1n) is 7.44. The van der Waals surface area contributed by atoms with Crippen LogP contribution >= 0.6 is 0 Å². The van der Waals surface area contributed by atoms with E-state index in [1.54, 1.807) is 0 Å². The summed E-state index contributed by atoms with van der Waals surface area (Å²) in [7, 11) is 4.14. The third-order valence-electron chi connectivity index (χ3n) is 3.61. The summed E-state index contributed by atoms with van der Waals surface area (Å²) in [6.07, 6.45) is 1.04. The number of fused-ring (bicyclic) bond motifs is 1. The van der Waals surface area contributed by atoms with Gasteiger partial charge in [0.15, 0.2) is 0 Å². The van der Waals surface area contributed by atoms with Crippen molar-refractivity contribution in [3.8, 4) is 0 Å². The maximum atomic E-state index is 9.68. The molecular weight excluding hydrogens is 264 g/mol. The van der Waals surface area contributed by atoms with Crippen LogP contribution in [0.2, 0.25) is 0 Å². The molecule has 2 rings (SSSR count). The minimum absolute atomic E-state index is 0.0589. The van der Waals surface area contributed by atoms with E-state index in [0.717, 1.165) is 24.0 Å². The summed E-state index contributed by atoms with van der Waals surface area (Å²) in [6.45, 7) is 5.30. The standard InChI is InChI=1S/C16H26N4O/c1-11(2)7-13(9-19(3)4)20-15-6-5-12(17)8-14(15)18-16(20)10-21/h5-6,8,11,13,21H,7,9-10,17H2,1-4H3. The van der Waals surface area contributed by atoms with Crippen molar-refractivity contribution in [1.29, 1.82) is 0 Å². The highest BCUT2D eigenvalue weighted by molar-refractivity contribution is 5.79. The van der Waals surface area contributed by atoms with Crippen LogP contribution in [0.25, 0.3) is 11.0 Å². The highest BCUT2D eigenvalue weighted by Gasteiger charge is 2.20. The molecule has 0 radical (unpaired) electrons. The molecule has 1 aromatic heterocycles. The highest BCUT2D eigenvalue weighted by Crippen LogP contribution is 2.27. The van der Waals surface area contributed by atoms with Crippen LogP contribution in [-0.2, 0) is 6.61 Å². The number of benzene rings is 1. The van der Waals surface area contributed by atoms with Crippen LogP contribution in [0, 0.1) is 5.92 Å². The molecule has 0 aliphatic rings. The summed E-state index contributed by atoms with van der Waals surface area (Å²) in [6, 6.07) is 6.05. The molecular formula is C16H26N4O. The number of nitrogens with two attached hydrogens (primary N) is 1. The van der Waals surface area contributed by atoms with Gasteiger partial charge >= 0.3 is 0 Å². The third-order valence-corrected chi connectivity index (χ3v) is 3.61. The molecule has 21 heavy (non-hydrogen) atoms. The zero-order valence-electron chi connectivity index (χ0n) is 13.4. The second-order valence-electron chi connectivity index (χ2n) is 6.35. The van der Waals surface area contributed by atoms with Gasteiger partial charge in [0.2, 0.25) is 0 Å². The number of rotatable bonds is 6. The van der Waals surface area contributed by atoms with Crippen molar-refractivity contribution in [2.45, 2.75) is 32.9 Å². The predicted molar refractivity (Wildman–Crippen MR) is 87.1 cm³/mol. The number of likely N-dealkylation sites (N-methyl/N-ethyl adjacent to an activating group) is 1. The number of imidazole rings is 1. The first kappa shape index (κ1) is 15.8. The summed E-state index contributed by atoms with van der Waals surface area (Å²) in [5.41, 5.74) is 8.44. The molecule has 116 valence electrons. The summed E-state index contributed by atoms with van der Waals surface area (Å²) >= 11 is 0. The molecule has 3 N–H and O–H groups in total. The second-order valence-corrected chi connectivity index (χ2v) is 6.35. The van der Waals surface area contributed by atoms with Crippen LogP contribution in [0.3, 0.4) is 0 Å². The van der Waals surface area contributed by atoms with E-state index in [2.05, 4.69) is 42.4 Å². The van der Waals surface area contributed by atoms with Gasteiger partial charge in [-0.1, -0.05) is 13.8 Å². The van der Waals surface area contributed by atoms with Gasteiger partial charge in [-0.2, -0.15) is 0 Å². The van der Waals surface area contributed by atoms with Crippen molar-refractivity contribution in [1.82, 2.24) is 14.5 Å². The van der Waals surface area contributed by atoms with Crippen molar-refractivity contribution in [2.75, 3.05) is 26.4 Å². The lowest BCUT2D eigenvalue weighted by Gasteiger charge is -2.26. The molecule has 0 aliphatic heterocycles. The van der Waals surface area contributed by atoms with E-state index in [1.807, 2.05) is 18.2 Å². The topological polar surface area (TPSA) is 67.3 Å². The average molecular weight is 290 g/mol. The molecule has 1 heterocycles. The quantitative estimate of drug-likeness (QED) is 0.801. The SMILES string of the molecule is CC(C)CC(CN(C)C)n1c(CO)nc2cc(N)ccc21. The van der Waals surface area contributed by atoms with E-state index in [1.165, 1.54) is 0 Å². The van der Waals surface area contributed by atoms with E-state index in [0.29, 0.717) is 17.4 Å². The highest BCUT2D eigenvalue weighted by atomic mass is 16.3. The van der Waals surface area contributed by atoms with E-state index in [9.17, 15) is 5.11 Å². The number of nitrogen functional groups attached to an aromatic ring is 1. The Kier molecular flexibility index (Phi) is 4.85. The van der Waals surface area contributed by atoms with Crippen LogP contribution in [0.4, 0.5) is 5.69 Å². The van der Waals surface area contributed by atoms with Gasteiger partial charge in [-0.05, 0) is 44.6 Å². The van der Waals surface area contributed by atoms with E-state index < -0.39 is 0 Å². The zero-order valence-corrected chi connectivity index (χ0v) is 13.4. The van der Waals surface area contributed by atoms with Crippen molar-refractivity contribution in [3.63, 3.8) is 0 Å². The Hall–Kier alpha value is -1.59. The summed E-state index contributed by atoms with van der Waals surface area (Å²) in [5, 5.41) is 9.68. The molecule has 0 amide bonds. The van der Waals surface area contributed by atoms with Gasteiger partial charge in [0.1, 0.15) is 12.4 Å². The van der Waals surface area contributed by atoms with Crippen LogP contribution in [0.5, 0.6) is 0 Å². The largest absolute Gasteiger partial charge is 0.399 e. The molecule has 0 aliphatic carbocycles. The van der Waals surface area contributed by atoms with Gasteiger partial charge in [0.25, 0.3) is 0 Å². The van der Waals surface area contributed by atoms with Gasteiger partial charge in [-0.25, -0.2) is 4.98 Å². The fraction of sp³-hybridized carbons (Fsp3) is 0.562. The van der Waals surface area contributed by atoms with Gasteiger partial charge < -0.3 is 20.3 Å². The van der Waals surface area contributed by atoms with Crippen molar-refractivity contribution < 1.29 is 5.11 Å². The monoisotopic (exact) mass is 290 g/mol. The van der Waals surface area contributed by atoms with Crippen molar-refractivity contribution >= 4 is 16.7 Å². The first-order valence-corrected chi connectivity index (χ1v) is 7.44. The fourth-order valence-corrected chi connectivity index (χ4v) is 2.91. The lowest BCUT2D eigenvalue weighted by molar-refractivity contribution is 0.243. The smallest absolute Gasteiger partial charge is 0.136 e. The first-order chi connectivity index (χ1) is 9.92. The Balaban J connectivity index is 2.53. The third kappa shape index (κ3) is 3.54. The summed E-state index contributed by atoms with van der Waals surface area (Å²) in [5.74, 6) is 1.29. The predicted octanol–water partition coefficient (Wildman–Crippen LogP) is 2.26. The molecule has 0 saturated heterocycles. The Morgan fingerprint density at radius 1 is 1.33 bits per heavy atom. The second kappa shape index (κ2) is 6.45. The molecule has 0 bridgehead atoms. The van der Waals surface area contributed by atoms with Gasteiger partial charge in [-0.3, -0.25) is 0 Å². The molecule has 2 aromatic rings. The van der Waals surface area contributed by atoms with Crippen LogP contribution in [0.1, 0.15) is 32.1 Å². The Bertz CT molecular complexity index is 594.